The molecule has 1 unspecified atom stereocenters. The van der Waals surface area contributed by atoms with E-state index in [1.54, 1.807) is 12.4 Å². The van der Waals surface area contributed by atoms with Gasteiger partial charge in [0.05, 0.1) is 24.3 Å². The fraction of sp³-hybridized carbons (Fsp3) is 0.500. The van der Waals surface area contributed by atoms with Crippen molar-refractivity contribution in [2.45, 2.75) is 38.3 Å². The van der Waals surface area contributed by atoms with Crippen LogP contribution in [-0.2, 0) is 4.74 Å². The van der Waals surface area contributed by atoms with Gasteiger partial charge in [0.15, 0.2) is 5.82 Å². The van der Waals surface area contributed by atoms with Crippen molar-refractivity contribution in [1.29, 1.82) is 0 Å². The third-order valence-corrected chi connectivity index (χ3v) is 3.46. The predicted molar refractivity (Wildman–Crippen MR) is 72.8 cm³/mol. The molecule has 0 amide bonds. The van der Waals surface area contributed by atoms with E-state index in [1.807, 2.05) is 13.0 Å². The van der Waals surface area contributed by atoms with Crippen LogP contribution in [0.25, 0.3) is 11.5 Å². The van der Waals surface area contributed by atoms with Crippen molar-refractivity contribution >= 4 is 0 Å². The molecule has 0 spiro atoms. The Morgan fingerprint density at radius 3 is 3.00 bits per heavy atom. The Kier molecular flexibility index (Phi) is 3.75. The molecule has 20 heavy (non-hydrogen) atoms. The number of nitrogens with zero attached hydrogens (tertiary/aromatic N) is 3. The topological polar surface area (TPSA) is 87.1 Å². The molecular formula is C14H18N4O2. The van der Waals surface area contributed by atoms with Gasteiger partial charge in [0.1, 0.15) is 0 Å². The molecule has 1 saturated carbocycles. The Bertz CT molecular complexity index is 580. The summed E-state index contributed by atoms with van der Waals surface area (Å²) in [6, 6.07) is 1.59. The molecule has 0 aromatic carbocycles. The minimum atomic E-state index is -0.356. The third kappa shape index (κ3) is 2.86. The van der Waals surface area contributed by atoms with Crippen molar-refractivity contribution in [1.82, 2.24) is 15.1 Å². The van der Waals surface area contributed by atoms with Gasteiger partial charge in [-0.05, 0) is 37.8 Å². The summed E-state index contributed by atoms with van der Waals surface area (Å²) in [6.45, 7) is 2.39. The molecule has 1 fully saturated rings. The smallest absolute Gasteiger partial charge is 0.259 e. The van der Waals surface area contributed by atoms with E-state index < -0.39 is 0 Å². The van der Waals surface area contributed by atoms with Crippen LogP contribution in [0.2, 0.25) is 0 Å². The van der Waals surface area contributed by atoms with Gasteiger partial charge >= 0.3 is 0 Å². The average molecular weight is 274 g/mol. The van der Waals surface area contributed by atoms with Crippen LogP contribution in [0.5, 0.6) is 0 Å². The molecule has 3 rings (SSSR count). The second-order valence-corrected chi connectivity index (χ2v) is 5.20. The van der Waals surface area contributed by atoms with Crippen molar-refractivity contribution < 1.29 is 9.26 Å². The maximum absolute atomic E-state index is 6.02. The number of rotatable bonds is 5. The number of aryl methyl sites for hydroxylation is 1. The second-order valence-electron chi connectivity index (χ2n) is 5.20. The van der Waals surface area contributed by atoms with Crippen LogP contribution in [0.3, 0.4) is 0 Å². The number of nitrogens with two attached hydrogens (primary N) is 1. The van der Waals surface area contributed by atoms with E-state index in [2.05, 4.69) is 15.1 Å². The summed E-state index contributed by atoms with van der Waals surface area (Å²) in [5, 5.41) is 3.93. The van der Waals surface area contributed by atoms with Crippen LogP contribution in [0, 0.1) is 6.92 Å². The van der Waals surface area contributed by atoms with E-state index in [0.717, 1.165) is 24.0 Å². The highest BCUT2D eigenvalue weighted by Gasteiger charge is 2.21. The summed E-state index contributed by atoms with van der Waals surface area (Å²) >= 11 is 0. The maximum Gasteiger partial charge on any atom is 0.259 e. The van der Waals surface area contributed by atoms with E-state index in [0.29, 0.717) is 24.4 Å². The predicted octanol–water partition coefficient (Wildman–Crippen LogP) is 2.01. The molecular weight excluding hydrogens is 256 g/mol. The molecule has 1 aliphatic carbocycles. The van der Waals surface area contributed by atoms with Gasteiger partial charge < -0.3 is 15.0 Å². The maximum atomic E-state index is 6.02. The Morgan fingerprint density at radius 1 is 1.45 bits per heavy atom. The highest BCUT2D eigenvalue weighted by molar-refractivity contribution is 5.51. The van der Waals surface area contributed by atoms with Gasteiger partial charge in [-0.3, -0.25) is 4.98 Å². The van der Waals surface area contributed by atoms with Gasteiger partial charge in [-0.15, -0.1) is 0 Å². The normalized spacial score (nSPS) is 16.9. The van der Waals surface area contributed by atoms with Gasteiger partial charge in [-0.1, -0.05) is 5.16 Å². The van der Waals surface area contributed by atoms with Gasteiger partial charge in [-0.2, -0.15) is 4.98 Å². The highest BCUT2D eigenvalue weighted by Crippen LogP contribution is 2.23. The number of ether oxygens (including phenoxy) is 1. The van der Waals surface area contributed by atoms with Crippen molar-refractivity contribution in [2.24, 2.45) is 5.73 Å². The van der Waals surface area contributed by atoms with Crippen molar-refractivity contribution in [3.8, 4) is 11.5 Å². The van der Waals surface area contributed by atoms with Crippen LogP contribution in [0.1, 0.15) is 36.7 Å². The van der Waals surface area contributed by atoms with E-state index in [9.17, 15) is 0 Å². The molecule has 0 aliphatic heterocycles. The molecule has 6 heteroatoms. The molecule has 0 bridgehead atoms. The lowest BCUT2D eigenvalue weighted by molar-refractivity contribution is -0.00549. The number of hydrogen-bond donors (Lipinski definition) is 1. The van der Waals surface area contributed by atoms with E-state index in [1.165, 1.54) is 6.42 Å². The van der Waals surface area contributed by atoms with Crippen LogP contribution in [0.15, 0.2) is 23.0 Å². The molecule has 0 saturated heterocycles. The van der Waals surface area contributed by atoms with Crippen LogP contribution in [-0.4, -0.2) is 27.8 Å². The van der Waals surface area contributed by atoms with Crippen molar-refractivity contribution in [3.63, 3.8) is 0 Å². The lowest BCUT2D eigenvalue weighted by Gasteiger charge is -2.26. The highest BCUT2D eigenvalue weighted by atomic mass is 16.5. The molecule has 2 N–H and O–H groups in total. The van der Waals surface area contributed by atoms with Crippen molar-refractivity contribution in [3.05, 3.63) is 29.8 Å². The molecule has 2 aromatic rings. The second kappa shape index (κ2) is 5.68. The zero-order chi connectivity index (χ0) is 13.9. The van der Waals surface area contributed by atoms with Gasteiger partial charge in [0.25, 0.3) is 5.89 Å². The minimum absolute atomic E-state index is 0.355. The summed E-state index contributed by atoms with van der Waals surface area (Å²) < 4.78 is 10.9. The summed E-state index contributed by atoms with van der Waals surface area (Å²) in [4.78, 5) is 8.43. The lowest BCUT2D eigenvalue weighted by atomic mass is 9.96. The average Bonchev–Trinajstić information content (AvgIpc) is 2.86. The van der Waals surface area contributed by atoms with Crippen LogP contribution < -0.4 is 5.73 Å². The Morgan fingerprint density at radius 2 is 2.30 bits per heavy atom. The molecule has 2 heterocycles. The fourth-order valence-corrected chi connectivity index (χ4v) is 2.03. The number of hydrogen-bond acceptors (Lipinski definition) is 6. The quantitative estimate of drug-likeness (QED) is 0.897. The number of pyridine rings is 1. The summed E-state index contributed by atoms with van der Waals surface area (Å²) in [5.41, 5.74) is 7.86. The summed E-state index contributed by atoms with van der Waals surface area (Å²) in [7, 11) is 0. The fourth-order valence-electron chi connectivity index (χ4n) is 2.03. The van der Waals surface area contributed by atoms with Crippen LogP contribution in [0.4, 0.5) is 0 Å². The van der Waals surface area contributed by atoms with E-state index >= 15 is 0 Å². The number of aromatic nitrogens is 3. The summed E-state index contributed by atoms with van der Waals surface area (Å²) in [5.74, 6) is 0.913. The Labute approximate surface area is 117 Å². The molecule has 1 aliphatic rings. The van der Waals surface area contributed by atoms with Crippen LogP contribution >= 0.6 is 0 Å². The molecule has 0 radical (unpaired) electrons. The zero-order valence-corrected chi connectivity index (χ0v) is 11.5. The van der Waals surface area contributed by atoms with E-state index in [4.69, 9.17) is 15.0 Å². The minimum Gasteiger partial charge on any atom is -0.376 e. The third-order valence-electron chi connectivity index (χ3n) is 3.46. The summed E-state index contributed by atoms with van der Waals surface area (Å²) in [6.07, 6.45) is 7.32. The Balaban J connectivity index is 1.66. The first kappa shape index (κ1) is 13.2. The van der Waals surface area contributed by atoms with E-state index in [-0.39, 0.29) is 6.04 Å². The van der Waals surface area contributed by atoms with Gasteiger partial charge in [-0.25, -0.2) is 0 Å². The lowest BCUT2D eigenvalue weighted by Crippen LogP contribution is -2.27. The molecule has 106 valence electrons. The zero-order valence-electron chi connectivity index (χ0n) is 11.5. The molecule has 1 atom stereocenters. The Hall–Kier alpha value is -1.79. The first-order valence-electron chi connectivity index (χ1n) is 6.85. The van der Waals surface area contributed by atoms with Crippen molar-refractivity contribution in [2.75, 3.05) is 6.61 Å². The molecule has 2 aromatic heterocycles. The van der Waals surface area contributed by atoms with Gasteiger partial charge in [0, 0.05) is 12.4 Å². The first-order valence-corrected chi connectivity index (χ1v) is 6.85. The first-order chi connectivity index (χ1) is 9.72. The molecule has 6 nitrogen and oxygen atoms in total. The largest absolute Gasteiger partial charge is 0.376 e. The van der Waals surface area contributed by atoms with Gasteiger partial charge in [0.2, 0.25) is 0 Å². The SMILES string of the molecule is Cc1cncc(-c2nc(C(N)COC3CCC3)no2)c1. The monoisotopic (exact) mass is 274 g/mol. The standard InChI is InChI=1S/C14H18N4O2/c1-9-5-10(7-16-6-9)14-17-13(18-20-14)12(15)8-19-11-3-2-4-11/h5-7,11-12H,2-4,8,15H2,1H3.